The van der Waals surface area contributed by atoms with Gasteiger partial charge in [-0.25, -0.2) is 5.43 Å². The fourth-order valence-corrected chi connectivity index (χ4v) is 3.36. The van der Waals surface area contributed by atoms with Crippen LogP contribution in [0.5, 0.6) is 5.75 Å². The molecule has 0 saturated heterocycles. The molecule has 0 heterocycles. The van der Waals surface area contributed by atoms with E-state index in [0.29, 0.717) is 24.3 Å². The van der Waals surface area contributed by atoms with Crippen LogP contribution in [0.2, 0.25) is 0 Å². The second-order valence-electron chi connectivity index (χ2n) is 7.43. The Kier molecular flexibility index (Phi) is 15.2. The lowest BCUT2D eigenvalue weighted by molar-refractivity contribution is -0.126. The van der Waals surface area contributed by atoms with Gasteiger partial charge in [-0.2, -0.15) is 5.10 Å². The van der Waals surface area contributed by atoms with E-state index < -0.39 is 0 Å². The van der Waals surface area contributed by atoms with Crippen molar-refractivity contribution in [1.82, 2.24) is 10.7 Å². The van der Waals surface area contributed by atoms with Gasteiger partial charge in [0.25, 0.3) is 5.91 Å². The number of carbonyl (C=O) groups is 2. The molecule has 1 aromatic rings. The van der Waals surface area contributed by atoms with E-state index in [1.165, 1.54) is 51.2 Å². The Morgan fingerprint density at radius 2 is 1.74 bits per heavy atom. The van der Waals surface area contributed by atoms with Crippen LogP contribution in [0.3, 0.4) is 0 Å². The van der Waals surface area contributed by atoms with E-state index in [9.17, 15) is 9.59 Å². The van der Waals surface area contributed by atoms with E-state index in [4.69, 9.17) is 4.74 Å². The van der Waals surface area contributed by atoms with Crippen LogP contribution in [0.25, 0.3) is 0 Å². The Hall–Kier alpha value is -2.15. The van der Waals surface area contributed by atoms with Crippen molar-refractivity contribution in [2.75, 3.05) is 13.2 Å². The molecule has 0 spiro atoms. The fraction of sp³-hybridized carbons (Fsp3) is 0.542. The first kappa shape index (κ1) is 26.9. The maximum atomic E-state index is 11.9. The summed E-state index contributed by atoms with van der Waals surface area (Å²) in [6.07, 6.45) is 14.5. The molecular weight excluding hydrogens is 458 g/mol. The third kappa shape index (κ3) is 13.7. The van der Waals surface area contributed by atoms with Gasteiger partial charge >= 0.3 is 0 Å². The monoisotopic (exact) mass is 493 g/mol. The van der Waals surface area contributed by atoms with E-state index >= 15 is 0 Å². The molecule has 0 bridgehead atoms. The van der Waals surface area contributed by atoms with E-state index in [1.54, 1.807) is 6.08 Å². The quantitative estimate of drug-likeness (QED) is 0.130. The molecule has 1 aromatic carbocycles. The lowest BCUT2D eigenvalue weighted by atomic mass is 10.1. The summed E-state index contributed by atoms with van der Waals surface area (Å²) in [6, 6.07) is 5.50. The number of ether oxygens (including phenoxy) is 1. The van der Waals surface area contributed by atoms with Crippen molar-refractivity contribution >= 4 is 34.0 Å². The summed E-state index contributed by atoms with van der Waals surface area (Å²) in [5, 5.41) is 6.59. The molecule has 0 aliphatic heterocycles. The third-order valence-electron chi connectivity index (χ3n) is 4.67. The molecule has 6 nitrogen and oxygen atoms in total. The van der Waals surface area contributed by atoms with Crippen molar-refractivity contribution in [3.8, 4) is 5.75 Å². The molecular formula is C24H36BrN3O3. The molecule has 0 radical (unpaired) electrons. The minimum atomic E-state index is -0.375. The molecule has 2 N–H and O–H groups in total. The molecule has 0 aliphatic rings. The fourth-order valence-electron chi connectivity index (χ4n) is 2.98. The summed E-state index contributed by atoms with van der Waals surface area (Å²) in [5.41, 5.74) is 3.13. The number of halogens is 1. The molecule has 1 rings (SSSR count). The van der Waals surface area contributed by atoms with E-state index in [2.05, 4.69) is 45.3 Å². The summed E-state index contributed by atoms with van der Waals surface area (Å²) < 4.78 is 6.43. The van der Waals surface area contributed by atoms with Gasteiger partial charge in [-0.05, 0) is 24.6 Å². The zero-order valence-electron chi connectivity index (χ0n) is 18.6. The first-order chi connectivity index (χ1) is 15.1. The van der Waals surface area contributed by atoms with Crippen molar-refractivity contribution < 1.29 is 14.3 Å². The Morgan fingerprint density at radius 3 is 2.42 bits per heavy atom. The van der Waals surface area contributed by atoms with Crippen LogP contribution >= 0.6 is 15.9 Å². The molecule has 0 aliphatic carbocycles. The SMILES string of the molecule is C=CCOc1ccc(Br)cc1C=NNC(=O)CNC(=O)CCCCCCCCCCC. The molecule has 7 heteroatoms. The molecule has 31 heavy (non-hydrogen) atoms. The lowest BCUT2D eigenvalue weighted by Gasteiger charge is -2.07. The van der Waals surface area contributed by atoms with Crippen molar-refractivity contribution in [1.29, 1.82) is 0 Å². The molecule has 0 fully saturated rings. The highest BCUT2D eigenvalue weighted by Gasteiger charge is 2.06. The number of nitrogens with one attached hydrogen (secondary N) is 2. The van der Waals surface area contributed by atoms with E-state index in [-0.39, 0.29) is 18.4 Å². The summed E-state index contributed by atoms with van der Waals surface area (Å²) in [5.74, 6) is 0.157. The number of carbonyl (C=O) groups excluding carboxylic acids is 2. The Morgan fingerprint density at radius 1 is 1.06 bits per heavy atom. The van der Waals surface area contributed by atoms with Gasteiger partial charge in [0.2, 0.25) is 5.91 Å². The highest BCUT2D eigenvalue weighted by atomic mass is 79.9. The Bertz CT molecular complexity index is 707. The van der Waals surface area contributed by atoms with Crippen LogP contribution in [0.15, 0.2) is 40.4 Å². The molecule has 172 valence electrons. The second kappa shape index (κ2) is 17.5. The number of benzene rings is 1. The average Bonchev–Trinajstić information content (AvgIpc) is 2.76. The minimum absolute atomic E-state index is 0.0914. The number of nitrogens with zero attached hydrogens (tertiary/aromatic N) is 1. The maximum Gasteiger partial charge on any atom is 0.259 e. The first-order valence-electron chi connectivity index (χ1n) is 11.2. The zero-order valence-corrected chi connectivity index (χ0v) is 20.2. The summed E-state index contributed by atoms with van der Waals surface area (Å²) >= 11 is 3.40. The predicted octanol–water partition coefficient (Wildman–Crippen LogP) is 5.50. The van der Waals surface area contributed by atoms with Crippen molar-refractivity contribution in [2.45, 2.75) is 71.1 Å². The number of unbranched alkanes of at least 4 members (excludes halogenated alkanes) is 8. The molecule has 0 saturated carbocycles. The van der Waals surface area contributed by atoms with Crippen molar-refractivity contribution in [2.24, 2.45) is 5.10 Å². The minimum Gasteiger partial charge on any atom is -0.489 e. The molecule has 0 unspecified atom stereocenters. The lowest BCUT2D eigenvalue weighted by Crippen LogP contribution is -2.34. The van der Waals surface area contributed by atoms with Crippen molar-refractivity contribution in [3.63, 3.8) is 0 Å². The van der Waals surface area contributed by atoms with Gasteiger partial charge in [0.15, 0.2) is 0 Å². The topological polar surface area (TPSA) is 79.8 Å². The Labute approximate surface area is 195 Å². The van der Waals surface area contributed by atoms with Gasteiger partial charge in [-0.1, -0.05) is 86.9 Å². The molecule has 0 aromatic heterocycles. The summed E-state index contributed by atoms with van der Waals surface area (Å²) in [4.78, 5) is 23.8. The number of hydrogen-bond acceptors (Lipinski definition) is 4. The third-order valence-corrected chi connectivity index (χ3v) is 5.17. The van der Waals surface area contributed by atoms with Gasteiger partial charge in [-0.15, -0.1) is 0 Å². The van der Waals surface area contributed by atoms with Crippen LogP contribution in [0, 0.1) is 0 Å². The number of rotatable bonds is 17. The van der Waals surface area contributed by atoms with Gasteiger partial charge in [0, 0.05) is 16.5 Å². The number of hydrazone groups is 1. The molecule has 0 atom stereocenters. The smallest absolute Gasteiger partial charge is 0.259 e. The number of hydrogen-bond donors (Lipinski definition) is 2. The first-order valence-corrected chi connectivity index (χ1v) is 12.0. The van der Waals surface area contributed by atoms with Gasteiger partial charge in [0.1, 0.15) is 12.4 Å². The average molecular weight is 494 g/mol. The van der Waals surface area contributed by atoms with Gasteiger partial charge in [0.05, 0.1) is 12.8 Å². The number of amides is 2. The highest BCUT2D eigenvalue weighted by molar-refractivity contribution is 9.10. The van der Waals surface area contributed by atoms with Crippen molar-refractivity contribution in [3.05, 3.63) is 40.9 Å². The van der Waals surface area contributed by atoms with Crippen LogP contribution < -0.4 is 15.5 Å². The van der Waals surface area contributed by atoms with Crippen LogP contribution in [0.1, 0.15) is 76.7 Å². The highest BCUT2D eigenvalue weighted by Crippen LogP contribution is 2.21. The van der Waals surface area contributed by atoms with Gasteiger partial charge < -0.3 is 10.1 Å². The zero-order chi connectivity index (χ0) is 22.7. The van der Waals surface area contributed by atoms with Gasteiger partial charge in [-0.3, -0.25) is 9.59 Å². The summed E-state index contributed by atoms with van der Waals surface area (Å²) in [7, 11) is 0. The van der Waals surface area contributed by atoms with Crippen LogP contribution in [-0.2, 0) is 9.59 Å². The Balaban J connectivity index is 2.19. The predicted molar refractivity (Wildman–Crippen MR) is 130 cm³/mol. The largest absolute Gasteiger partial charge is 0.489 e. The normalized spacial score (nSPS) is 10.8. The van der Waals surface area contributed by atoms with Crippen LogP contribution in [0.4, 0.5) is 0 Å². The standard InChI is InChI=1S/C24H36BrN3O3/c1-3-5-6-7-8-9-10-11-12-13-23(29)26-19-24(30)28-27-18-20-17-21(25)14-15-22(20)31-16-4-2/h4,14-15,17-18H,2-3,5-13,16,19H2,1H3,(H,26,29)(H,28,30). The van der Waals surface area contributed by atoms with E-state index in [1.807, 2.05) is 18.2 Å². The molecule has 2 amide bonds. The maximum absolute atomic E-state index is 11.9. The second-order valence-corrected chi connectivity index (χ2v) is 8.35. The van der Waals surface area contributed by atoms with Crippen LogP contribution in [-0.4, -0.2) is 31.2 Å². The summed E-state index contributed by atoms with van der Waals surface area (Å²) in [6.45, 7) is 6.14. The van der Waals surface area contributed by atoms with E-state index in [0.717, 1.165) is 17.3 Å².